The van der Waals surface area contributed by atoms with E-state index in [2.05, 4.69) is 17.4 Å². The number of hydrogen-bond acceptors (Lipinski definition) is 3. The Morgan fingerprint density at radius 2 is 1.79 bits per heavy atom. The van der Waals surface area contributed by atoms with Crippen molar-refractivity contribution in [2.45, 2.75) is 12.8 Å². The highest BCUT2D eigenvalue weighted by Crippen LogP contribution is 2.32. The van der Waals surface area contributed by atoms with Gasteiger partial charge >= 0.3 is 0 Å². The molecule has 0 fully saturated rings. The molecule has 0 aliphatic rings. The van der Waals surface area contributed by atoms with Crippen LogP contribution in [0.2, 0.25) is 0 Å². The smallest absolute Gasteiger partial charge is 0.135 e. The van der Waals surface area contributed by atoms with Crippen molar-refractivity contribution in [1.82, 2.24) is 0 Å². The molecule has 3 heteroatoms. The maximum atomic E-state index is 9.27. The summed E-state index contributed by atoms with van der Waals surface area (Å²) in [4.78, 5) is 0. The minimum atomic E-state index is 0.141. The van der Waals surface area contributed by atoms with Crippen LogP contribution in [0.4, 0.5) is 5.69 Å². The highest BCUT2D eigenvalue weighted by molar-refractivity contribution is 6.06. The summed E-state index contributed by atoms with van der Waals surface area (Å²) in [6.45, 7) is 2.17. The first-order valence-corrected chi connectivity index (χ1v) is 6.47. The number of fused-ring (bicyclic) bond motifs is 3. The fourth-order valence-electron chi connectivity index (χ4n) is 2.36. The quantitative estimate of drug-likeness (QED) is 0.749. The van der Waals surface area contributed by atoms with Crippen LogP contribution in [0, 0.1) is 0 Å². The van der Waals surface area contributed by atoms with Gasteiger partial charge in [0.1, 0.15) is 11.2 Å². The lowest BCUT2D eigenvalue weighted by Gasteiger charge is -2.07. The number of aliphatic hydroxyl groups is 1. The molecule has 0 saturated carbocycles. The molecule has 1 heterocycles. The lowest BCUT2D eigenvalue weighted by atomic mass is 10.00. The SMILES string of the molecule is CNc1ccc2oc3ccc(C(C)CO)cc3c2c1. The van der Waals surface area contributed by atoms with Gasteiger partial charge in [0, 0.05) is 36.0 Å². The number of nitrogens with one attached hydrogen (secondary N) is 1. The second kappa shape index (κ2) is 4.59. The molecule has 3 nitrogen and oxygen atoms in total. The van der Waals surface area contributed by atoms with Crippen LogP contribution < -0.4 is 5.32 Å². The van der Waals surface area contributed by atoms with E-state index < -0.39 is 0 Å². The number of aliphatic hydroxyl groups excluding tert-OH is 1. The molecule has 0 aliphatic heterocycles. The van der Waals surface area contributed by atoms with Crippen LogP contribution in [-0.2, 0) is 0 Å². The molecule has 98 valence electrons. The predicted octanol–water partition coefficient (Wildman–Crippen LogP) is 3.72. The Labute approximate surface area is 111 Å². The summed E-state index contributed by atoms with van der Waals surface area (Å²) in [6.07, 6.45) is 0. The Hall–Kier alpha value is -2.00. The number of hydrogen-bond donors (Lipinski definition) is 2. The molecule has 1 aromatic heterocycles. The summed E-state index contributed by atoms with van der Waals surface area (Å²) in [5.74, 6) is 0.141. The molecule has 1 atom stereocenters. The second-order valence-corrected chi connectivity index (χ2v) is 4.90. The average Bonchev–Trinajstić information content (AvgIpc) is 2.83. The highest BCUT2D eigenvalue weighted by Gasteiger charge is 2.10. The van der Waals surface area contributed by atoms with E-state index in [-0.39, 0.29) is 12.5 Å². The van der Waals surface area contributed by atoms with Crippen molar-refractivity contribution in [2.75, 3.05) is 19.0 Å². The Morgan fingerprint density at radius 1 is 1.11 bits per heavy atom. The largest absolute Gasteiger partial charge is 0.456 e. The maximum Gasteiger partial charge on any atom is 0.135 e. The first kappa shape index (κ1) is 12.1. The zero-order valence-electron chi connectivity index (χ0n) is 11.1. The first-order chi connectivity index (χ1) is 9.22. The van der Waals surface area contributed by atoms with E-state index >= 15 is 0 Å². The van der Waals surface area contributed by atoms with E-state index in [9.17, 15) is 5.11 Å². The van der Waals surface area contributed by atoms with Crippen LogP contribution in [-0.4, -0.2) is 18.8 Å². The Balaban J connectivity index is 2.27. The normalized spacial score (nSPS) is 13.0. The summed E-state index contributed by atoms with van der Waals surface area (Å²) in [5.41, 5.74) is 3.98. The molecule has 0 aliphatic carbocycles. The lowest BCUT2D eigenvalue weighted by molar-refractivity contribution is 0.273. The molecule has 0 bridgehead atoms. The van der Waals surface area contributed by atoms with Crippen molar-refractivity contribution in [3.8, 4) is 0 Å². The fraction of sp³-hybridized carbons (Fsp3) is 0.250. The van der Waals surface area contributed by atoms with Gasteiger partial charge in [0.05, 0.1) is 0 Å². The number of anilines is 1. The summed E-state index contributed by atoms with van der Waals surface area (Å²) >= 11 is 0. The minimum absolute atomic E-state index is 0.141. The van der Waals surface area contributed by atoms with E-state index in [4.69, 9.17) is 4.42 Å². The van der Waals surface area contributed by atoms with Crippen molar-refractivity contribution < 1.29 is 9.52 Å². The second-order valence-electron chi connectivity index (χ2n) is 4.90. The molecule has 1 unspecified atom stereocenters. The van der Waals surface area contributed by atoms with E-state index in [0.717, 1.165) is 33.2 Å². The zero-order valence-corrected chi connectivity index (χ0v) is 11.1. The molecule has 3 rings (SSSR count). The van der Waals surface area contributed by atoms with Crippen molar-refractivity contribution in [2.24, 2.45) is 0 Å². The van der Waals surface area contributed by atoms with Crippen molar-refractivity contribution in [3.63, 3.8) is 0 Å². The number of rotatable bonds is 3. The topological polar surface area (TPSA) is 45.4 Å². The standard InChI is InChI=1S/C16H17NO2/c1-10(9-18)11-3-5-15-13(7-11)14-8-12(17-2)4-6-16(14)19-15/h3-8,10,17-18H,9H2,1-2H3. The fourth-order valence-corrected chi connectivity index (χ4v) is 2.36. The first-order valence-electron chi connectivity index (χ1n) is 6.47. The molecule has 0 saturated heterocycles. The third-order valence-electron chi connectivity index (χ3n) is 3.62. The molecule has 19 heavy (non-hydrogen) atoms. The van der Waals surface area contributed by atoms with Crippen LogP contribution in [0.5, 0.6) is 0 Å². The van der Waals surface area contributed by atoms with E-state index in [1.807, 2.05) is 38.2 Å². The van der Waals surface area contributed by atoms with Crippen LogP contribution >= 0.6 is 0 Å². The highest BCUT2D eigenvalue weighted by atomic mass is 16.3. The average molecular weight is 255 g/mol. The van der Waals surface area contributed by atoms with E-state index in [1.54, 1.807) is 0 Å². The van der Waals surface area contributed by atoms with E-state index in [1.165, 1.54) is 0 Å². The summed E-state index contributed by atoms with van der Waals surface area (Å²) < 4.78 is 5.83. The van der Waals surface area contributed by atoms with Gasteiger partial charge in [0.2, 0.25) is 0 Å². The minimum Gasteiger partial charge on any atom is -0.456 e. The van der Waals surface area contributed by atoms with Gasteiger partial charge in [-0.05, 0) is 35.9 Å². The van der Waals surface area contributed by atoms with Crippen LogP contribution in [0.15, 0.2) is 40.8 Å². The lowest BCUT2D eigenvalue weighted by Crippen LogP contribution is -1.97. The van der Waals surface area contributed by atoms with Crippen LogP contribution in [0.25, 0.3) is 21.9 Å². The summed E-state index contributed by atoms with van der Waals surface area (Å²) in [5, 5.41) is 14.6. The predicted molar refractivity (Wildman–Crippen MR) is 78.8 cm³/mol. The molecule has 0 amide bonds. The third-order valence-corrected chi connectivity index (χ3v) is 3.62. The summed E-state index contributed by atoms with van der Waals surface area (Å²) in [7, 11) is 1.91. The van der Waals surface area contributed by atoms with Crippen molar-refractivity contribution in [1.29, 1.82) is 0 Å². The Kier molecular flexibility index (Phi) is 2.91. The van der Waals surface area contributed by atoms with Gasteiger partial charge in [-0.15, -0.1) is 0 Å². The molecule has 0 radical (unpaired) electrons. The Bertz CT molecular complexity index is 730. The van der Waals surface area contributed by atoms with Gasteiger partial charge in [0.15, 0.2) is 0 Å². The number of furan rings is 1. The molecule has 3 aromatic rings. The van der Waals surface area contributed by atoms with Gasteiger partial charge in [-0.2, -0.15) is 0 Å². The molecular formula is C16H17NO2. The maximum absolute atomic E-state index is 9.27. The third kappa shape index (κ3) is 1.96. The van der Waals surface area contributed by atoms with Gasteiger partial charge in [0.25, 0.3) is 0 Å². The van der Waals surface area contributed by atoms with Crippen LogP contribution in [0.1, 0.15) is 18.4 Å². The van der Waals surface area contributed by atoms with Gasteiger partial charge in [-0.1, -0.05) is 13.0 Å². The van der Waals surface area contributed by atoms with Gasteiger partial charge in [-0.3, -0.25) is 0 Å². The molecule has 2 N–H and O–H groups in total. The summed E-state index contributed by atoms with van der Waals surface area (Å²) in [6, 6.07) is 12.2. The Morgan fingerprint density at radius 3 is 2.47 bits per heavy atom. The van der Waals surface area contributed by atoms with Crippen molar-refractivity contribution >= 4 is 27.6 Å². The van der Waals surface area contributed by atoms with Gasteiger partial charge < -0.3 is 14.8 Å². The van der Waals surface area contributed by atoms with Gasteiger partial charge in [-0.25, -0.2) is 0 Å². The zero-order chi connectivity index (χ0) is 13.4. The van der Waals surface area contributed by atoms with Crippen LogP contribution in [0.3, 0.4) is 0 Å². The molecule has 2 aromatic carbocycles. The van der Waals surface area contributed by atoms with E-state index in [0.29, 0.717) is 0 Å². The monoisotopic (exact) mass is 255 g/mol. The van der Waals surface area contributed by atoms with Crippen molar-refractivity contribution in [3.05, 3.63) is 42.0 Å². The number of benzene rings is 2. The molecule has 0 spiro atoms. The molecular weight excluding hydrogens is 238 g/mol.